The predicted molar refractivity (Wildman–Crippen MR) is 59.9 cm³/mol. The lowest BCUT2D eigenvalue weighted by Crippen LogP contribution is -2.45. The van der Waals surface area contributed by atoms with Crippen LogP contribution in [0.5, 0.6) is 0 Å². The van der Waals surface area contributed by atoms with E-state index in [2.05, 4.69) is 10.3 Å². The molecule has 17 heavy (non-hydrogen) atoms. The molecule has 0 radical (unpaired) electrons. The molecule has 1 fully saturated rings. The van der Waals surface area contributed by atoms with Gasteiger partial charge in [-0.1, -0.05) is 12.8 Å². The lowest BCUT2D eigenvalue weighted by Gasteiger charge is -2.28. The molecule has 1 aromatic rings. The number of pyridine rings is 1. The van der Waals surface area contributed by atoms with Gasteiger partial charge in [0.1, 0.15) is 5.82 Å². The Labute approximate surface area is 98.9 Å². The normalized spacial score (nSPS) is 24.4. The third-order valence-electron chi connectivity index (χ3n) is 3.01. The van der Waals surface area contributed by atoms with Gasteiger partial charge in [-0.2, -0.15) is 0 Å². The summed E-state index contributed by atoms with van der Waals surface area (Å²) in [6, 6.07) is 0.900. The Kier molecular flexibility index (Phi) is 3.68. The number of carbonyl (C=O) groups is 1. The van der Waals surface area contributed by atoms with Crippen molar-refractivity contribution in [1.82, 2.24) is 10.3 Å². The SMILES string of the molecule is O=C(N[C@H]1CCCC[C@@H]1O)c1cncc(F)c1. The van der Waals surface area contributed by atoms with E-state index in [1.54, 1.807) is 0 Å². The van der Waals surface area contributed by atoms with Crippen molar-refractivity contribution in [3.63, 3.8) is 0 Å². The molecule has 0 aromatic carbocycles. The Morgan fingerprint density at radius 3 is 2.88 bits per heavy atom. The molecule has 0 spiro atoms. The molecule has 2 rings (SSSR count). The molecule has 1 saturated carbocycles. The van der Waals surface area contributed by atoms with E-state index >= 15 is 0 Å². The first-order chi connectivity index (χ1) is 8.16. The van der Waals surface area contributed by atoms with Crippen molar-refractivity contribution in [1.29, 1.82) is 0 Å². The number of halogens is 1. The Morgan fingerprint density at radius 1 is 1.41 bits per heavy atom. The van der Waals surface area contributed by atoms with E-state index in [1.165, 1.54) is 6.20 Å². The zero-order valence-corrected chi connectivity index (χ0v) is 9.40. The Balaban J connectivity index is 2.01. The summed E-state index contributed by atoms with van der Waals surface area (Å²) in [5.41, 5.74) is 0.183. The van der Waals surface area contributed by atoms with E-state index in [-0.39, 0.29) is 17.5 Å². The Bertz CT molecular complexity index is 411. The number of aliphatic hydroxyl groups excluding tert-OH is 1. The molecule has 2 atom stereocenters. The highest BCUT2D eigenvalue weighted by Gasteiger charge is 2.24. The molecule has 1 amide bonds. The highest BCUT2D eigenvalue weighted by molar-refractivity contribution is 5.94. The van der Waals surface area contributed by atoms with Gasteiger partial charge in [-0.3, -0.25) is 9.78 Å². The molecule has 92 valence electrons. The van der Waals surface area contributed by atoms with Crippen LogP contribution < -0.4 is 5.32 Å². The minimum Gasteiger partial charge on any atom is -0.391 e. The summed E-state index contributed by atoms with van der Waals surface area (Å²) in [7, 11) is 0. The van der Waals surface area contributed by atoms with E-state index in [0.29, 0.717) is 6.42 Å². The molecule has 1 aliphatic rings. The number of aliphatic hydroxyl groups is 1. The van der Waals surface area contributed by atoms with Crippen molar-refractivity contribution < 1.29 is 14.3 Å². The van der Waals surface area contributed by atoms with Crippen LogP contribution in [0.3, 0.4) is 0 Å². The minimum absolute atomic E-state index is 0.183. The predicted octanol–water partition coefficient (Wildman–Crippen LogP) is 1.25. The number of hydrogen-bond acceptors (Lipinski definition) is 3. The van der Waals surface area contributed by atoms with Crippen LogP contribution in [0, 0.1) is 5.82 Å². The van der Waals surface area contributed by atoms with Gasteiger partial charge in [-0.05, 0) is 18.9 Å². The van der Waals surface area contributed by atoms with Gasteiger partial charge in [0, 0.05) is 6.20 Å². The quantitative estimate of drug-likeness (QED) is 0.815. The molecule has 5 heteroatoms. The molecule has 1 heterocycles. The molecular formula is C12H15FN2O2. The molecule has 0 bridgehead atoms. The summed E-state index contributed by atoms with van der Waals surface area (Å²) in [6.07, 6.45) is 5.29. The summed E-state index contributed by atoms with van der Waals surface area (Å²) in [4.78, 5) is 15.4. The van der Waals surface area contributed by atoms with Gasteiger partial charge < -0.3 is 10.4 Å². The maximum absolute atomic E-state index is 12.9. The van der Waals surface area contributed by atoms with Crippen molar-refractivity contribution >= 4 is 5.91 Å². The van der Waals surface area contributed by atoms with Gasteiger partial charge in [-0.15, -0.1) is 0 Å². The van der Waals surface area contributed by atoms with Crippen molar-refractivity contribution in [2.45, 2.75) is 37.8 Å². The Morgan fingerprint density at radius 2 is 2.18 bits per heavy atom. The number of hydrogen-bond donors (Lipinski definition) is 2. The number of rotatable bonds is 2. The molecule has 4 nitrogen and oxygen atoms in total. The van der Waals surface area contributed by atoms with E-state index in [1.807, 2.05) is 0 Å². The number of nitrogens with zero attached hydrogens (tertiary/aromatic N) is 1. The minimum atomic E-state index is -0.540. The molecular weight excluding hydrogens is 223 g/mol. The molecule has 1 aromatic heterocycles. The van der Waals surface area contributed by atoms with Gasteiger partial charge in [0.2, 0.25) is 0 Å². The molecule has 2 N–H and O–H groups in total. The summed E-state index contributed by atoms with van der Waals surface area (Å²) < 4.78 is 12.9. The lowest BCUT2D eigenvalue weighted by atomic mass is 9.92. The average Bonchev–Trinajstić information content (AvgIpc) is 2.32. The van der Waals surface area contributed by atoms with Crippen LogP contribution in [0.1, 0.15) is 36.0 Å². The van der Waals surface area contributed by atoms with Crippen molar-refractivity contribution in [3.8, 4) is 0 Å². The molecule has 0 saturated heterocycles. The highest BCUT2D eigenvalue weighted by atomic mass is 19.1. The van der Waals surface area contributed by atoms with E-state index in [0.717, 1.165) is 31.5 Å². The molecule has 0 aliphatic heterocycles. The fraction of sp³-hybridized carbons (Fsp3) is 0.500. The van der Waals surface area contributed by atoms with Crippen LogP contribution >= 0.6 is 0 Å². The summed E-state index contributed by atoms with van der Waals surface area (Å²) in [5.74, 6) is -0.926. The third-order valence-corrected chi connectivity index (χ3v) is 3.01. The monoisotopic (exact) mass is 238 g/mol. The fourth-order valence-corrected chi connectivity index (χ4v) is 2.07. The lowest BCUT2D eigenvalue weighted by molar-refractivity contribution is 0.0716. The van der Waals surface area contributed by atoms with Crippen molar-refractivity contribution in [2.24, 2.45) is 0 Å². The smallest absolute Gasteiger partial charge is 0.253 e. The van der Waals surface area contributed by atoms with Crippen LogP contribution in [0.25, 0.3) is 0 Å². The number of aromatic nitrogens is 1. The van der Waals surface area contributed by atoms with Crippen molar-refractivity contribution in [2.75, 3.05) is 0 Å². The second kappa shape index (κ2) is 5.23. The first-order valence-corrected chi connectivity index (χ1v) is 5.76. The first-order valence-electron chi connectivity index (χ1n) is 5.76. The highest BCUT2D eigenvalue weighted by Crippen LogP contribution is 2.18. The topological polar surface area (TPSA) is 62.2 Å². The van der Waals surface area contributed by atoms with Gasteiger partial charge in [-0.25, -0.2) is 4.39 Å². The van der Waals surface area contributed by atoms with Gasteiger partial charge in [0.25, 0.3) is 5.91 Å². The van der Waals surface area contributed by atoms with Gasteiger partial charge >= 0.3 is 0 Å². The fourth-order valence-electron chi connectivity index (χ4n) is 2.07. The molecule has 1 aliphatic carbocycles. The van der Waals surface area contributed by atoms with Crippen LogP contribution in [-0.4, -0.2) is 28.1 Å². The number of amides is 1. The third kappa shape index (κ3) is 3.00. The van der Waals surface area contributed by atoms with Crippen LogP contribution in [0.4, 0.5) is 4.39 Å². The first kappa shape index (κ1) is 12.0. The maximum Gasteiger partial charge on any atom is 0.253 e. The summed E-state index contributed by atoms with van der Waals surface area (Å²) >= 11 is 0. The van der Waals surface area contributed by atoms with Crippen LogP contribution in [-0.2, 0) is 0 Å². The van der Waals surface area contributed by atoms with E-state index < -0.39 is 11.9 Å². The Hall–Kier alpha value is -1.49. The standard InChI is InChI=1S/C12H15FN2O2/c13-9-5-8(6-14-7-9)12(17)15-10-3-1-2-4-11(10)16/h5-7,10-11,16H,1-4H2,(H,15,17)/t10-,11-/m0/s1. The number of carbonyl (C=O) groups excluding carboxylic acids is 1. The summed E-state index contributed by atoms with van der Waals surface area (Å²) in [6.45, 7) is 0. The maximum atomic E-state index is 12.9. The van der Waals surface area contributed by atoms with E-state index in [4.69, 9.17) is 0 Å². The average molecular weight is 238 g/mol. The van der Waals surface area contributed by atoms with Crippen LogP contribution in [0.2, 0.25) is 0 Å². The second-order valence-electron chi connectivity index (χ2n) is 4.32. The zero-order chi connectivity index (χ0) is 12.3. The van der Waals surface area contributed by atoms with E-state index in [9.17, 15) is 14.3 Å². The number of nitrogens with one attached hydrogen (secondary N) is 1. The largest absolute Gasteiger partial charge is 0.391 e. The summed E-state index contributed by atoms with van der Waals surface area (Å²) in [5, 5.41) is 12.4. The van der Waals surface area contributed by atoms with Gasteiger partial charge in [0.05, 0.1) is 23.9 Å². The molecule has 0 unspecified atom stereocenters. The second-order valence-corrected chi connectivity index (χ2v) is 4.32. The van der Waals surface area contributed by atoms with Crippen LogP contribution in [0.15, 0.2) is 18.5 Å². The van der Waals surface area contributed by atoms with Crippen molar-refractivity contribution in [3.05, 3.63) is 29.8 Å². The zero-order valence-electron chi connectivity index (χ0n) is 9.40. The van der Waals surface area contributed by atoms with Gasteiger partial charge in [0.15, 0.2) is 0 Å².